The number of rotatable bonds is 4. The summed E-state index contributed by atoms with van der Waals surface area (Å²) in [4.78, 5) is 26.1. The van der Waals surface area contributed by atoms with E-state index in [0.29, 0.717) is 5.91 Å². The standard InChI is InChI=1S/C22H26N2O.C2HF3O2/c1-2-18-8-10-19(11-9-18)16-23-14-12-22(13-15-23)17-24(21(22)25)20-6-4-3-5-7-20;3-2(4,5)1(6)7/h3-11H,2,12-17H2,1H3;(H,6,7). The number of anilines is 1. The van der Waals surface area contributed by atoms with Gasteiger partial charge >= 0.3 is 12.1 Å². The molecule has 2 heterocycles. The van der Waals surface area contributed by atoms with Crippen molar-refractivity contribution in [1.82, 2.24) is 4.90 Å². The molecule has 2 fully saturated rings. The molecule has 2 aromatic carbocycles. The van der Waals surface area contributed by atoms with Gasteiger partial charge in [0, 0.05) is 18.8 Å². The highest BCUT2D eigenvalue weighted by Gasteiger charge is 2.53. The van der Waals surface area contributed by atoms with E-state index in [4.69, 9.17) is 9.90 Å². The minimum Gasteiger partial charge on any atom is -0.475 e. The molecular formula is C24H27F3N2O3. The number of carbonyl (C=O) groups is 2. The van der Waals surface area contributed by atoms with Crippen molar-refractivity contribution in [3.8, 4) is 0 Å². The average molecular weight is 448 g/mol. The van der Waals surface area contributed by atoms with Crippen molar-refractivity contribution in [2.75, 3.05) is 24.5 Å². The van der Waals surface area contributed by atoms with Crippen LogP contribution in [0.5, 0.6) is 0 Å². The fraction of sp³-hybridized carbons (Fsp3) is 0.417. The molecule has 0 aliphatic carbocycles. The van der Waals surface area contributed by atoms with Crippen molar-refractivity contribution in [2.24, 2.45) is 5.41 Å². The van der Waals surface area contributed by atoms with Gasteiger partial charge in [-0.2, -0.15) is 13.2 Å². The maximum absolute atomic E-state index is 12.8. The van der Waals surface area contributed by atoms with Gasteiger partial charge in [-0.25, -0.2) is 4.79 Å². The van der Waals surface area contributed by atoms with E-state index >= 15 is 0 Å². The number of aryl methyl sites for hydroxylation is 1. The van der Waals surface area contributed by atoms with Gasteiger partial charge < -0.3 is 10.0 Å². The Morgan fingerprint density at radius 1 is 1.00 bits per heavy atom. The van der Waals surface area contributed by atoms with Crippen molar-refractivity contribution in [2.45, 2.75) is 38.9 Å². The summed E-state index contributed by atoms with van der Waals surface area (Å²) in [5.41, 5.74) is 3.70. The van der Waals surface area contributed by atoms with Crippen LogP contribution in [0.25, 0.3) is 0 Å². The molecule has 0 radical (unpaired) electrons. The highest BCUT2D eigenvalue weighted by molar-refractivity contribution is 6.04. The van der Waals surface area contributed by atoms with E-state index in [1.165, 1.54) is 11.1 Å². The Labute approximate surface area is 185 Å². The smallest absolute Gasteiger partial charge is 0.475 e. The predicted molar refractivity (Wildman–Crippen MR) is 115 cm³/mol. The molecule has 8 heteroatoms. The number of carbonyl (C=O) groups excluding carboxylic acids is 1. The van der Waals surface area contributed by atoms with Crippen LogP contribution in [-0.4, -0.2) is 47.7 Å². The van der Waals surface area contributed by atoms with Crippen molar-refractivity contribution in [3.63, 3.8) is 0 Å². The topological polar surface area (TPSA) is 60.9 Å². The van der Waals surface area contributed by atoms with Crippen LogP contribution in [0.1, 0.15) is 30.9 Å². The van der Waals surface area contributed by atoms with Gasteiger partial charge in [0.15, 0.2) is 0 Å². The number of β-lactam (4-membered cyclic amide) rings is 1. The summed E-state index contributed by atoms with van der Waals surface area (Å²) < 4.78 is 31.7. The van der Waals surface area contributed by atoms with E-state index in [1.54, 1.807) is 0 Å². The quantitative estimate of drug-likeness (QED) is 0.700. The lowest BCUT2D eigenvalue weighted by molar-refractivity contribution is -0.192. The second kappa shape index (κ2) is 9.73. The molecule has 1 amide bonds. The van der Waals surface area contributed by atoms with Crippen LogP contribution in [0.2, 0.25) is 0 Å². The third kappa shape index (κ3) is 5.48. The largest absolute Gasteiger partial charge is 0.490 e. The number of hydrogen-bond donors (Lipinski definition) is 1. The lowest BCUT2D eigenvalue weighted by atomic mass is 9.70. The molecule has 0 saturated carbocycles. The zero-order valence-corrected chi connectivity index (χ0v) is 17.9. The number of amides is 1. The van der Waals surface area contributed by atoms with Crippen LogP contribution in [-0.2, 0) is 22.6 Å². The fourth-order valence-electron chi connectivity index (χ4n) is 4.10. The highest BCUT2D eigenvalue weighted by Crippen LogP contribution is 2.44. The van der Waals surface area contributed by atoms with Crippen LogP contribution in [0.4, 0.5) is 18.9 Å². The van der Waals surface area contributed by atoms with Crippen LogP contribution in [0.3, 0.4) is 0 Å². The molecule has 2 aliphatic rings. The first-order chi connectivity index (χ1) is 15.1. The van der Waals surface area contributed by atoms with Gasteiger partial charge in [-0.1, -0.05) is 49.4 Å². The number of piperidine rings is 1. The molecule has 0 atom stereocenters. The minimum atomic E-state index is -5.08. The van der Waals surface area contributed by atoms with Gasteiger partial charge in [0.05, 0.1) is 5.41 Å². The van der Waals surface area contributed by atoms with Crippen molar-refractivity contribution < 1.29 is 27.9 Å². The fourth-order valence-corrected chi connectivity index (χ4v) is 4.10. The summed E-state index contributed by atoms with van der Waals surface area (Å²) >= 11 is 0. The Bertz CT molecular complexity index is 922. The summed E-state index contributed by atoms with van der Waals surface area (Å²) in [6, 6.07) is 19.0. The number of carboxylic acids is 1. The van der Waals surface area contributed by atoms with Gasteiger partial charge in [0.25, 0.3) is 0 Å². The zero-order chi connectivity index (χ0) is 23.4. The second-order valence-corrected chi connectivity index (χ2v) is 8.26. The minimum absolute atomic E-state index is 0.0988. The molecule has 1 spiro atoms. The van der Waals surface area contributed by atoms with E-state index in [1.807, 2.05) is 35.2 Å². The Hall–Kier alpha value is -2.87. The first-order valence-electron chi connectivity index (χ1n) is 10.6. The first kappa shape index (κ1) is 23.8. The number of halogens is 3. The number of alkyl halides is 3. The van der Waals surface area contributed by atoms with Gasteiger partial charge in [-0.15, -0.1) is 0 Å². The molecule has 2 aromatic rings. The van der Waals surface area contributed by atoms with Gasteiger partial charge in [0.2, 0.25) is 5.91 Å². The molecular weight excluding hydrogens is 421 g/mol. The zero-order valence-electron chi connectivity index (χ0n) is 17.9. The molecule has 2 saturated heterocycles. The molecule has 0 aromatic heterocycles. The molecule has 172 valence electrons. The molecule has 4 rings (SSSR count). The second-order valence-electron chi connectivity index (χ2n) is 8.26. The maximum Gasteiger partial charge on any atom is 0.490 e. The van der Waals surface area contributed by atoms with Crippen LogP contribution in [0, 0.1) is 5.41 Å². The molecule has 2 aliphatic heterocycles. The lowest BCUT2D eigenvalue weighted by Gasteiger charge is -2.52. The van der Waals surface area contributed by atoms with Crippen molar-refractivity contribution in [3.05, 3.63) is 65.7 Å². The lowest BCUT2D eigenvalue weighted by Crippen LogP contribution is -2.64. The molecule has 5 nitrogen and oxygen atoms in total. The number of para-hydroxylation sites is 1. The van der Waals surface area contributed by atoms with Gasteiger partial charge in [-0.05, 0) is 55.6 Å². The normalized spacial score (nSPS) is 18.0. The number of carboxylic acid groups (broad SMARTS) is 1. The number of likely N-dealkylation sites (tertiary alicyclic amines) is 1. The van der Waals surface area contributed by atoms with E-state index in [-0.39, 0.29) is 5.41 Å². The van der Waals surface area contributed by atoms with E-state index in [2.05, 4.69) is 36.1 Å². The Morgan fingerprint density at radius 3 is 2.00 bits per heavy atom. The van der Waals surface area contributed by atoms with Gasteiger partial charge in [0.1, 0.15) is 0 Å². The SMILES string of the molecule is CCc1ccc(CN2CCC3(CC2)CN(c2ccccc2)C3=O)cc1.O=C(O)C(F)(F)F. The predicted octanol–water partition coefficient (Wildman–Crippen LogP) is 4.51. The number of aliphatic carboxylic acids is 1. The van der Waals surface area contributed by atoms with Crippen LogP contribution < -0.4 is 4.90 Å². The molecule has 1 N–H and O–H groups in total. The van der Waals surface area contributed by atoms with E-state index < -0.39 is 12.1 Å². The summed E-state index contributed by atoms with van der Waals surface area (Å²) in [6.07, 6.45) is -2.02. The van der Waals surface area contributed by atoms with E-state index in [0.717, 1.165) is 51.1 Å². The van der Waals surface area contributed by atoms with Crippen molar-refractivity contribution in [1.29, 1.82) is 0 Å². The van der Waals surface area contributed by atoms with Crippen LogP contribution in [0.15, 0.2) is 54.6 Å². The number of benzene rings is 2. The molecule has 0 unspecified atom stereocenters. The summed E-state index contributed by atoms with van der Waals surface area (Å²) in [7, 11) is 0. The Morgan fingerprint density at radius 2 is 1.53 bits per heavy atom. The number of hydrogen-bond acceptors (Lipinski definition) is 3. The average Bonchev–Trinajstić information content (AvgIpc) is 2.79. The first-order valence-corrected chi connectivity index (χ1v) is 10.6. The Balaban J connectivity index is 0.000000360. The molecule has 32 heavy (non-hydrogen) atoms. The third-order valence-corrected chi connectivity index (χ3v) is 6.12. The van der Waals surface area contributed by atoms with Crippen LogP contribution >= 0.6 is 0 Å². The Kier molecular flexibility index (Phi) is 7.23. The van der Waals surface area contributed by atoms with Crippen molar-refractivity contribution >= 4 is 17.6 Å². The summed E-state index contributed by atoms with van der Waals surface area (Å²) in [5.74, 6) is -2.43. The third-order valence-electron chi connectivity index (χ3n) is 6.12. The van der Waals surface area contributed by atoms with E-state index in [9.17, 15) is 18.0 Å². The summed E-state index contributed by atoms with van der Waals surface area (Å²) in [5, 5.41) is 7.12. The number of nitrogens with zero attached hydrogens (tertiary/aromatic N) is 2. The highest BCUT2D eigenvalue weighted by atomic mass is 19.4. The maximum atomic E-state index is 12.8. The monoisotopic (exact) mass is 448 g/mol. The summed E-state index contributed by atoms with van der Waals surface area (Å²) in [6.45, 7) is 6.10. The molecule has 0 bridgehead atoms. The van der Waals surface area contributed by atoms with Gasteiger partial charge in [-0.3, -0.25) is 9.69 Å².